The molecule has 0 unspecified atom stereocenters. The van der Waals surface area contributed by atoms with Crippen LogP contribution in [0.1, 0.15) is 35.1 Å². The number of hydrogen-bond acceptors (Lipinski definition) is 4. The molecule has 170 valence electrons. The van der Waals surface area contributed by atoms with Gasteiger partial charge < -0.3 is 14.6 Å². The van der Waals surface area contributed by atoms with E-state index in [0.717, 1.165) is 11.6 Å². The molecular weight excluding hydrogens is 433 g/mol. The monoisotopic (exact) mass is 454 g/mol. The highest BCUT2D eigenvalue weighted by atomic mass is 19.4. The number of carbonyl (C=O) groups is 1. The van der Waals surface area contributed by atoms with Crippen LogP contribution in [0.3, 0.4) is 0 Å². The molecule has 2 aliphatic rings. The largest absolute Gasteiger partial charge is 0.454 e. The summed E-state index contributed by atoms with van der Waals surface area (Å²) in [4.78, 5) is 13.2. The third kappa shape index (κ3) is 3.86. The van der Waals surface area contributed by atoms with Crippen LogP contribution in [0, 0.1) is 0 Å². The van der Waals surface area contributed by atoms with Crippen molar-refractivity contribution >= 4 is 5.78 Å². The summed E-state index contributed by atoms with van der Waals surface area (Å²) >= 11 is 0. The molecule has 1 aliphatic carbocycles. The molecule has 3 aromatic carbocycles. The Labute approximate surface area is 188 Å². The lowest BCUT2D eigenvalue weighted by Crippen LogP contribution is -2.22. The van der Waals surface area contributed by atoms with Crippen LogP contribution in [0.5, 0.6) is 11.5 Å². The van der Waals surface area contributed by atoms with E-state index in [4.69, 9.17) is 9.47 Å². The smallest absolute Gasteiger partial charge is 0.417 e. The van der Waals surface area contributed by atoms with Crippen LogP contribution >= 0.6 is 0 Å². The first-order valence-corrected chi connectivity index (χ1v) is 10.6. The number of aliphatic hydroxyl groups is 1. The Morgan fingerprint density at radius 3 is 2.42 bits per heavy atom. The molecule has 5 rings (SSSR count). The van der Waals surface area contributed by atoms with E-state index in [1.54, 1.807) is 42.5 Å². The molecule has 0 atom stereocenters. The van der Waals surface area contributed by atoms with Gasteiger partial charge in [0.1, 0.15) is 5.78 Å². The van der Waals surface area contributed by atoms with Gasteiger partial charge >= 0.3 is 6.18 Å². The molecule has 1 saturated carbocycles. The number of aliphatic hydroxyl groups excluding tert-OH is 1. The molecule has 0 amide bonds. The standard InChI is InChI=1S/C26H21F3O4/c27-26(28,29)21-11-16(5-7-20(21)19-4-2-1-3-17(19)14-30)12-24(31)25(9-10-25)18-6-8-22-23(13-18)33-15-32-22/h1-8,11,13,30H,9-10,12,14-15H2. The van der Waals surface area contributed by atoms with Gasteiger partial charge in [-0.1, -0.05) is 42.5 Å². The van der Waals surface area contributed by atoms with E-state index < -0.39 is 17.2 Å². The number of Topliss-reactive ketones (excluding diaryl/α,β-unsaturated/α-hetero) is 1. The second-order valence-electron chi connectivity index (χ2n) is 8.44. The maximum Gasteiger partial charge on any atom is 0.417 e. The number of halogens is 3. The summed E-state index contributed by atoms with van der Waals surface area (Å²) in [5, 5.41) is 9.57. The third-order valence-corrected chi connectivity index (χ3v) is 6.44. The predicted octanol–water partition coefficient (Wildman–Crippen LogP) is 5.44. The minimum atomic E-state index is -4.61. The summed E-state index contributed by atoms with van der Waals surface area (Å²) in [6.45, 7) is -0.239. The van der Waals surface area contributed by atoms with Gasteiger partial charge in [0.25, 0.3) is 0 Å². The molecule has 1 heterocycles. The van der Waals surface area contributed by atoms with E-state index in [1.807, 2.05) is 6.07 Å². The Balaban J connectivity index is 1.46. The first-order chi connectivity index (χ1) is 15.8. The van der Waals surface area contributed by atoms with E-state index >= 15 is 0 Å². The topological polar surface area (TPSA) is 55.8 Å². The maximum absolute atomic E-state index is 14.0. The Morgan fingerprint density at radius 1 is 0.939 bits per heavy atom. The van der Waals surface area contributed by atoms with Crippen LogP contribution < -0.4 is 9.47 Å². The highest BCUT2D eigenvalue weighted by Gasteiger charge is 2.51. The molecule has 1 N–H and O–H groups in total. The quantitative estimate of drug-likeness (QED) is 0.539. The molecule has 0 bridgehead atoms. The Morgan fingerprint density at radius 2 is 1.70 bits per heavy atom. The second-order valence-corrected chi connectivity index (χ2v) is 8.44. The summed E-state index contributed by atoms with van der Waals surface area (Å²) < 4.78 is 52.6. The molecular formula is C26H21F3O4. The van der Waals surface area contributed by atoms with Crippen LogP contribution in [0.4, 0.5) is 13.2 Å². The van der Waals surface area contributed by atoms with Crippen molar-refractivity contribution in [3.63, 3.8) is 0 Å². The predicted molar refractivity (Wildman–Crippen MR) is 115 cm³/mol. The van der Waals surface area contributed by atoms with E-state index in [0.29, 0.717) is 41.0 Å². The normalized spacial score (nSPS) is 16.0. The Kier molecular flexibility index (Phi) is 5.16. The van der Waals surface area contributed by atoms with Gasteiger partial charge in [0, 0.05) is 6.42 Å². The molecule has 0 radical (unpaired) electrons. The van der Waals surface area contributed by atoms with Crippen molar-refractivity contribution in [1.29, 1.82) is 0 Å². The van der Waals surface area contributed by atoms with Crippen molar-refractivity contribution in [2.45, 2.75) is 37.5 Å². The van der Waals surface area contributed by atoms with Gasteiger partial charge in [0.2, 0.25) is 6.79 Å². The molecule has 4 nitrogen and oxygen atoms in total. The number of hydrogen-bond donors (Lipinski definition) is 1. The highest BCUT2D eigenvalue weighted by molar-refractivity contribution is 5.95. The van der Waals surface area contributed by atoms with Crippen molar-refractivity contribution in [1.82, 2.24) is 0 Å². The zero-order valence-electron chi connectivity index (χ0n) is 17.6. The van der Waals surface area contributed by atoms with Crippen molar-refractivity contribution in [2.24, 2.45) is 0 Å². The molecule has 33 heavy (non-hydrogen) atoms. The van der Waals surface area contributed by atoms with Gasteiger partial charge in [-0.3, -0.25) is 4.79 Å². The summed E-state index contributed by atoms with van der Waals surface area (Å²) in [5.74, 6) is 1.09. The average Bonchev–Trinajstić information content (AvgIpc) is 3.49. The van der Waals surface area contributed by atoms with Gasteiger partial charge in [-0.2, -0.15) is 13.2 Å². The molecule has 1 aliphatic heterocycles. The van der Waals surface area contributed by atoms with Crippen molar-refractivity contribution in [3.8, 4) is 22.6 Å². The Bertz CT molecular complexity index is 1230. The fraction of sp³-hybridized carbons (Fsp3) is 0.269. The third-order valence-electron chi connectivity index (χ3n) is 6.44. The highest BCUT2D eigenvalue weighted by Crippen LogP contribution is 2.51. The average molecular weight is 454 g/mol. The second kappa shape index (κ2) is 7.92. The van der Waals surface area contributed by atoms with E-state index in [2.05, 4.69) is 0 Å². The number of alkyl halides is 3. The number of fused-ring (bicyclic) bond motifs is 1. The van der Waals surface area contributed by atoms with Gasteiger partial charge in [0.15, 0.2) is 11.5 Å². The zero-order valence-corrected chi connectivity index (χ0v) is 17.6. The lowest BCUT2D eigenvalue weighted by Gasteiger charge is -2.18. The summed E-state index contributed by atoms with van der Waals surface area (Å²) in [6.07, 6.45) is -3.40. The molecule has 0 saturated heterocycles. The number of ether oxygens (including phenoxy) is 2. The van der Waals surface area contributed by atoms with Gasteiger partial charge in [-0.05, 0) is 58.9 Å². The fourth-order valence-electron chi connectivity index (χ4n) is 4.49. The number of benzene rings is 3. The van der Waals surface area contributed by atoms with E-state index in [9.17, 15) is 23.1 Å². The molecule has 7 heteroatoms. The van der Waals surface area contributed by atoms with Gasteiger partial charge in [-0.25, -0.2) is 0 Å². The first-order valence-electron chi connectivity index (χ1n) is 10.6. The lowest BCUT2D eigenvalue weighted by atomic mass is 9.86. The van der Waals surface area contributed by atoms with E-state index in [1.165, 1.54) is 6.07 Å². The molecule has 3 aromatic rings. The van der Waals surface area contributed by atoms with Crippen LogP contribution in [0.15, 0.2) is 60.7 Å². The van der Waals surface area contributed by atoms with Crippen LogP contribution in [-0.2, 0) is 29.4 Å². The maximum atomic E-state index is 14.0. The summed E-state index contributed by atoms with van der Waals surface area (Å²) in [5.41, 5.74) is 0.324. The number of carbonyl (C=O) groups excluding carboxylic acids is 1. The first kappa shape index (κ1) is 21.5. The van der Waals surface area contributed by atoms with Crippen molar-refractivity contribution in [3.05, 3.63) is 82.9 Å². The van der Waals surface area contributed by atoms with Crippen molar-refractivity contribution < 1.29 is 32.5 Å². The molecule has 0 aromatic heterocycles. The minimum absolute atomic E-state index is 0.0137. The van der Waals surface area contributed by atoms with Gasteiger partial charge in [-0.15, -0.1) is 0 Å². The van der Waals surface area contributed by atoms with Crippen LogP contribution in [0.25, 0.3) is 11.1 Å². The van der Waals surface area contributed by atoms with E-state index in [-0.39, 0.29) is 31.2 Å². The lowest BCUT2D eigenvalue weighted by molar-refractivity contribution is -0.137. The van der Waals surface area contributed by atoms with Gasteiger partial charge in [0.05, 0.1) is 17.6 Å². The Hall–Kier alpha value is -3.32. The SMILES string of the molecule is O=C(Cc1ccc(-c2ccccc2CO)c(C(F)(F)F)c1)C1(c2ccc3c(c2)OCO3)CC1. The fourth-order valence-corrected chi connectivity index (χ4v) is 4.49. The van der Waals surface area contributed by atoms with Crippen molar-refractivity contribution in [2.75, 3.05) is 6.79 Å². The molecule has 1 fully saturated rings. The zero-order chi connectivity index (χ0) is 23.2. The molecule has 0 spiro atoms. The summed E-state index contributed by atoms with van der Waals surface area (Å²) in [6, 6.07) is 15.8. The number of ketones is 1. The van der Waals surface area contributed by atoms with Crippen LogP contribution in [-0.4, -0.2) is 17.7 Å². The minimum Gasteiger partial charge on any atom is -0.454 e. The van der Waals surface area contributed by atoms with Crippen LogP contribution in [0.2, 0.25) is 0 Å². The number of rotatable bonds is 6. The summed E-state index contributed by atoms with van der Waals surface area (Å²) in [7, 11) is 0.